The third-order valence-corrected chi connectivity index (χ3v) is 3.10. The first-order chi connectivity index (χ1) is 8.31. The molecule has 86 valence electrons. The van der Waals surface area contributed by atoms with Crippen LogP contribution in [0.3, 0.4) is 0 Å². The smallest absolute Gasteiger partial charge is 0.256 e. The molecule has 2 aromatic rings. The molecule has 3 rings (SSSR count). The van der Waals surface area contributed by atoms with Crippen molar-refractivity contribution < 1.29 is 4.79 Å². The molecule has 0 unspecified atom stereocenters. The van der Waals surface area contributed by atoms with Crippen molar-refractivity contribution in [2.45, 2.75) is 13.3 Å². The van der Waals surface area contributed by atoms with Crippen LogP contribution < -0.4 is 10.6 Å². The van der Waals surface area contributed by atoms with E-state index in [4.69, 9.17) is 0 Å². The van der Waals surface area contributed by atoms with Crippen molar-refractivity contribution in [2.24, 2.45) is 0 Å². The summed E-state index contributed by atoms with van der Waals surface area (Å²) in [6.45, 7) is 3.08. The fraction of sp³-hybridized carbons (Fsp3) is 0.214. The van der Waals surface area contributed by atoms with Crippen LogP contribution in [0.15, 0.2) is 30.3 Å². The molecule has 1 amide bonds. The summed E-state index contributed by atoms with van der Waals surface area (Å²) >= 11 is 0. The van der Waals surface area contributed by atoms with Crippen molar-refractivity contribution in [3.63, 3.8) is 0 Å². The number of carbonyl (C=O) groups excluding carboxylic acids is 1. The molecule has 0 bridgehead atoms. The van der Waals surface area contributed by atoms with Crippen molar-refractivity contribution in [1.29, 1.82) is 0 Å². The molecule has 0 fully saturated rings. The first-order valence-corrected chi connectivity index (χ1v) is 5.92. The summed E-state index contributed by atoms with van der Waals surface area (Å²) in [4.78, 5) is 11.7. The van der Waals surface area contributed by atoms with E-state index >= 15 is 0 Å². The number of anilines is 2. The first kappa shape index (κ1) is 10.1. The second kappa shape index (κ2) is 3.77. The topological polar surface area (TPSA) is 41.1 Å². The van der Waals surface area contributed by atoms with Crippen LogP contribution in [0.5, 0.6) is 0 Å². The second-order valence-electron chi connectivity index (χ2n) is 4.27. The summed E-state index contributed by atoms with van der Waals surface area (Å²) in [6.07, 6.45) is 1.08. The molecule has 1 aliphatic heterocycles. The average Bonchev–Trinajstić information content (AvgIpc) is 2.68. The van der Waals surface area contributed by atoms with E-state index in [-0.39, 0.29) is 5.91 Å². The van der Waals surface area contributed by atoms with Gasteiger partial charge in [0, 0.05) is 34.3 Å². The van der Waals surface area contributed by atoms with Crippen LogP contribution >= 0.6 is 0 Å². The molecule has 3 nitrogen and oxygen atoms in total. The van der Waals surface area contributed by atoms with Crippen LogP contribution in [0.4, 0.5) is 11.4 Å². The van der Waals surface area contributed by atoms with Gasteiger partial charge in [-0.1, -0.05) is 19.1 Å². The Morgan fingerprint density at radius 1 is 1.24 bits per heavy atom. The van der Waals surface area contributed by atoms with Gasteiger partial charge >= 0.3 is 0 Å². The molecule has 1 aliphatic rings. The van der Waals surface area contributed by atoms with Crippen LogP contribution in [0.25, 0.3) is 10.8 Å². The van der Waals surface area contributed by atoms with Gasteiger partial charge in [-0.25, -0.2) is 0 Å². The minimum Gasteiger partial charge on any atom is -0.385 e. The van der Waals surface area contributed by atoms with Gasteiger partial charge < -0.3 is 10.6 Å². The van der Waals surface area contributed by atoms with Gasteiger partial charge in [0.15, 0.2) is 0 Å². The van der Waals surface area contributed by atoms with Gasteiger partial charge in [-0.2, -0.15) is 0 Å². The molecule has 0 aromatic heterocycles. The van der Waals surface area contributed by atoms with E-state index in [1.54, 1.807) is 0 Å². The van der Waals surface area contributed by atoms with E-state index in [1.807, 2.05) is 24.3 Å². The quantitative estimate of drug-likeness (QED) is 0.843. The van der Waals surface area contributed by atoms with Crippen molar-refractivity contribution in [3.8, 4) is 0 Å². The fourth-order valence-electron chi connectivity index (χ4n) is 2.30. The van der Waals surface area contributed by atoms with E-state index in [0.717, 1.165) is 40.7 Å². The normalized spacial score (nSPS) is 12.9. The Labute approximate surface area is 99.8 Å². The van der Waals surface area contributed by atoms with Gasteiger partial charge in [-0.15, -0.1) is 0 Å². The number of rotatable bonds is 3. The third-order valence-electron chi connectivity index (χ3n) is 3.10. The van der Waals surface area contributed by atoms with Crippen LogP contribution in [0, 0.1) is 0 Å². The second-order valence-corrected chi connectivity index (χ2v) is 4.27. The maximum absolute atomic E-state index is 11.7. The zero-order valence-electron chi connectivity index (χ0n) is 9.71. The van der Waals surface area contributed by atoms with Gasteiger partial charge in [0.25, 0.3) is 5.91 Å². The van der Waals surface area contributed by atoms with E-state index in [1.165, 1.54) is 0 Å². The lowest BCUT2D eigenvalue weighted by atomic mass is 10.0. The minimum atomic E-state index is -0.00163. The van der Waals surface area contributed by atoms with E-state index in [2.05, 4.69) is 23.6 Å². The molecule has 0 atom stereocenters. The molecule has 2 aromatic carbocycles. The summed E-state index contributed by atoms with van der Waals surface area (Å²) < 4.78 is 0. The van der Waals surface area contributed by atoms with Crippen LogP contribution in [0.1, 0.15) is 23.7 Å². The molecule has 0 spiro atoms. The Morgan fingerprint density at radius 3 is 2.94 bits per heavy atom. The highest BCUT2D eigenvalue weighted by Crippen LogP contribution is 2.36. The summed E-state index contributed by atoms with van der Waals surface area (Å²) in [5.41, 5.74) is 2.80. The predicted molar refractivity (Wildman–Crippen MR) is 70.7 cm³/mol. The van der Waals surface area contributed by atoms with Gasteiger partial charge in [0.05, 0.1) is 0 Å². The highest BCUT2D eigenvalue weighted by molar-refractivity contribution is 6.25. The summed E-state index contributed by atoms with van der Waals surface area (Å²) in [5.74, 6) is -0.00163. The molecule has 2 N–H and O–H groups in total. The number of amides is 1. The first-order valence-electron chi connectivity index (χ1n) is 5.92. The minimum absolute atomic E-state index is 0.00163. The molecule has 0 radical (unpaired) electrons. The zero-order chi connectivity index (χ0) is 11.8. The Balaban J connectivity index is 2.22. The molecule has 0 saturated heterocycles. The Kier molecular flexibility index (Phi) is 2.25. The lowest BCUT2D eigenvalue weighted by Crippen LogP contribution is -2.03. The van der Waals surface area contributed by atoms with Crippen molar-refractivity contribution >= 4 is 28.1 Å². The highest BCUT2D eigenvalue weighted by atomic mass is 16.1. The van der Waals surface area contributed by atoms with Gasteiger partial charge in [0.2, 0.25) is 0 Å². The Morgan fingerprint density at radius 2 is 2.12 bits per heavy atom. The van der Waals surface area contributed by atoms with E-state index in [0.29, 0.717) is 0 Å². The largest absolute Gasteiger partial charge is 0.385 e. The van der Waals surface area contributed by atoms with E-state index < -0.39 is 0 Å². The van der Waals surface area contributed by atoms with Crippen molar-refractivity contribution in [3.05, 3.63) is 35.9 Å². The molecule has 0 saturated carbocycles. The van der Waals surface area contributed by atoms with Crippen LogP contribution in [-0.4, -0.2) is 12.5 Å². The molecule has 0 aliphatic carbocycles. The molecule has 17 heavy (non-hydrogen) atoms. The third kappa shape index (κ3) is 1.46. The fourth-order valence-corrected chi connectivity index (χ4v) is 2.30. The van der Waals surface area contributed by atoms with Crippen LogP contribution in [0.2, 0.25) is 0 Å². The number of hydrogen-bond donors (Lipinski definition) is 2. The summed E-state index contributed by atoms with van der Waals surface area (Å²) in [6, 6.07) is 9.86. The number of carbonyl (C=O) groups is 1. The summed E-state index contributed by atoms with van der Waals surface area (Å²) in [7, 11) is 0. The number of hydrogen-bond acceptors (Lipinski definition) is 2. The zero-order valence-corrected chi connectivity index (χ0v) is 9.71. The molecule has 3 heteroatoms. The summed E-state index contributed by atoms with van der Waals surface area (Å²) in [5, 5.41) is 8.44. The molecular weight excluding hydrogens is 212 g/mol. The van der Waals surface area contributed by atoms with Crippen molar-refractivity contribution in [1.82, 2.24) is 0 Å². The van der Waals surface area contributed by atoms with Gasteiger partial charge in [-0.3, -0.25) is 4.79 Å². The maximum atomic E-state index is 11.7. The standard InChI is InChI=1S/C14H14N2O/c1-2-8-15-11-6-7-12-13-9(11)4-3-5-10(13)14(17)16-12/h3-7,15H,2,8H2,1H3,(H,16,17). The van der Waals surface area contributed by atoms with Gasteiger partial charge in [-0.05, 0) is 24.6 Å². The molecule has 1 heterocycles. The van der Waals surface area contributed by atoms with E-state index in [9.17, 15) is 4.79 Å². The predicted octanol–water partition coefficient (Wildman–Crippen LogP) is 3.23. The number of benzene rings is 2. The Hall–Kier alpha value is -2.03. The average molecular weight is 226 g/mol. The molecular formula is C14H14N2O. The monoisotopic (exact) mass is 226 g/mol. The highest BCUT2D eigenvalue weighted by Gasteiger charge is 2.21. The SMILES string of the molecule is CCCNc1ccc2c3c(cccc13)C(=O)N2. The van der Waals surface area contributed by atoms with Crippen LogP contribution in [-0.2, 0) is 0 Å². The lowest BCUT2D eigenvalue weighted by molar-refractivity contribution is 0.103. The lowest BCUT2D eigenvalue weighted by Gasteiger charge is -2.09. The van der Waals surface area contributed by atoms with Crippen molar-refractivity contribution in [2.75, 3.05) is 17.2 Å². The number of nitrogens with one attached hydrogen (secondary N) is 2. The Bertz CT molecular complexity index is 604. The maximum Gasteiger partial charge on any atom is 0.256 e. The van der Waals surface area contributed by atoms with Gasteiger partial charge in [0.1, 0.15) is 0 Å².